The van der Waals surface area contributed by atoms with Gasteiger partial charge in [0.15, 0.2) is 0 Å². The van der Waals surface area contributed by atoms with Gasteiger partial charge in [-0.25, -0.2) is 0 Å². The largest absolute Gasteiger partial charge is 0.435 e. The third kappa shape index (κ3) is 5.04. The lowest BCUT2D eigenvalue weighted by atomic mass is 9.65. The molecule has 0 aromatic heterocycles. The number of alkyl halides is 2. The molecule has 3 rings (SSSR count). The van der Waals surface area contributed by atoms with E-state index >= 15 is 0 Å². The Labute approximate surface area is 149 Å². The van der Waals surface area contributed by atoms with E-state index in [1.54, 1.807) is 12.1 Å². The van der Waals surface area contributed by atoms with Crippen LogP contribution in [0.3, 0.4) is 0 Å². The summed E-state index contributed by atoms with van der Waals surface area (Å²) in [6, 6.07) is 7.24. The van der Waals surface area contributed by atoms with Gasteiger partial charge in [0, 0.05) is 0 Å². The molecule has 0 N–H and O–H groups in total. The predicted octanol–water partition coefficient (Wildman–Crippen LogP) is 5.93. The molecule has 2 nitrogen and oxygen atoms in total. The lowest BCUT2D eigenvalue weighted by Gasteiger charge is -2.42. The maximum atomic E-state index is 12.3. The van der Waals surface area contributed by atoms with Gasteiger partial charge in [0.2, 0.25) is 0 Å². The molecular weight excluding hydrogens is 322 g/mol. The van der Waals surface area contributed by atoms with Crippen molar-refractivity contribution in [3.63, 3.8) is 0 Å². The van der Waals surface area contributed by atoms with Crippen LogP contribution in [0.15, 0.2) is 36.4 Å². The summed E-state index contributed by atoms with van der Waals surface area (Å²) >= 11 is 0. The zero-order valence-corrected chi connectivity index (χ0v) is 14.9. The van der Waals surface area contributed by atoms with Gasteiger partial charge in [-0.1, -0.05) is 24.3 Å². The highest BCUT2D eigenvalue weighted by molar-refractivity contribution is 5.30. The maximum Gasteiger partial charge on any atom is 0.387 e. The first kappa shape index (κ1) is 18.4. The van der Waals surface area contributed by atoms with Crippen LogP contribution in [0.25, 0.3) is 0 Å². The topological polar surface area (TPSA) is 18.5 Å². The molecule has 2 aliphatic carbocycles. The van der Waals surface area contributed by atoms with Crippen LogP contribution < -0.4 is 4.74 Å². The van der Waals surface area contributed by atoms with Gasteiger partial charge in [-0.3, -0.25) is 0 Å². The molecule has 0 heterocycles. The van der Waals surface area contributed by atoms with Crippen LogP contribution >= 0.6 is 0 Å². The zero-order valence-electron chi connectivity index (χ0n) is 14.9. The molecule has 0 aliphatic heterocycles. The summed E-state index contributed by atoms with van der Waals surface area (Å²) < 4.78 is 34.9. The van der Waals surface area contributed by atoms with Crippen LogP contribution in [0.2, 0.25) is 0 Å². The first-order valence-electron chi connectivity index (χ1n) is 9.43. The SMILES string of the molecule is C/C=C/COC1CCC2CC(c3ccc(OC(F)F)cc3)CCC2C1. The molecule has 0 bridgehead atoms. The van der Waals surface area contributed by atoms with E-state index in [9.17, 15) is 8.78 Å². The van der Waals surface area contributed by atoms with Gasteiger partial charge in [0.05, 0.1) is 12.7 Å². The Morgan fingerprint density at radius 2 is 1.76 bits per heavy atom. The standard InChI is InChI=1S/C21H28F2O2/c1-2-3-12-24-20-11-8-17-13-16(4-5-18(17)14-20)15-6-9-19(10-7-15)25-21(22)23/h2-3,6-7,9-10,16-18,20-21H,4-5,8,11-14H2,1H3/b3-2+. The van der Waals surface area contributed by atoms with Gasteiger partial charge < -0.3 is 9.47 Å². The Balaban J connectivity index is 1.52. The molecule has 0 saturated heterocycles. The highest BCUT2D eigenvalue weighted by Gasteiger charge is 2.36. The zero-order chi connectivity index (χ0) is 17.6. The molecule has 4 unspecified atom stereocenters. The Morgan fingerprint density at radius 1 is 1.04 bits per heavy atom. The lowest BCUT2D eigenvalue weighted by molar-refractivity contribution is -0.0498. The van der Waals surface area contributed by atoms with E-state index in [1.807, 2.05) is 25.1 Å². The van der Waals surface area contributed by atoms with Crippen LogP contribution in [-0.2, 0) is 4.74 Å². The fourth-order valence-electron chi connectivity index (χ4n) is 4.51. The summed E-state index contributed by atoms with van der Waals surface area (Å²) in [6.07, 6.45) is 11.8. The average Bonchev–Trinajstić information content (AvgIpc) is 2.62. The molecule has 2 saturated carbocycles. The van der Waals surface area contributed by atoms with E-state index in [0.29, 0.717) is 12.0 Å². The molecule has 4 atom stereocenters. The van der Waals surface area contributed by atoms with Gasteiger partial charge in [-0.05, 0) is 80.9 Å². The number of rotatable bonds is 6. The normalized spacial score (nSPS) is 29.8. The second-order valence-electron chi connectivity index (χ2n) is 7.32. The summed E-state index contributed by atoms with van der Waals surface area (Å²) in [5.41, 5.74) is 1.26. The van der Waals surface area contributed by atoms with E-state index in [2.05, 4.69) is 10.8 Å². The third-order valence-electron chi connectivity index (χ3n) is 5.81. The molecule has 25 heavy (non-hydrogen) atoms. The van der Waals surface area contributed by atoms with Crippen LogP contribution in [0, 0.1) is 11.8 Å². The van der Waals surface area contributed by atoms with Gasteiger partial charge in [-0.2, -0.15) is 8.78 Å². The molecule has 0 spiro atoms. The summed E-state index contributed by atoms with van der Waals surface area (Å²) in [4.78, 5) is 0. The van der Waals surface area contributed by atoms with E-state index in [-0.39, 0.29) is 5.75 Å². The van der Waals surface area contributed by atoms with Crippen LogP contribution in [0.4, 0.5) is 8.78 Å². The van der Waals surface area contributed by atoms with Crippen molar-refractivity contribution in [2.24, 2.45) is 11.8 Å². The highest BCUT2D eigenvalue weighted by atomic mass is 19.3. The van der Waals surface area contributed by atoms with Crippen molar-refractivity contribution in [3.8, 4) is 5.75 Å². The van der Waals surface area contributed by atoms with E-state index in [4.69, 9.17) is 4.74 Å². The number of allylic oxidation sites excluding steroid dienone is 1. The molecule has 4 heteroatoms. The fraction of sp³-hybridized carbons (Fsp3) is 0.619. The summed E-state index contributed by atoms with van der Waals surface area (Å²) in [7, 11) is 0. The average molecular weight is 350 g/mol. The number of hydrogen-bond donors (Lipinski definition) is 0. The Morgan fingerprint density at radius 3 is 2.48 bits per heavy atom. The number of hydrogen-bond acceptors (Lipinski definition) is 2. The summed E-state index contributed by atoms with van der Waals surface area (Å²) in [5, 5.41) is 0. The Hall–Kier alpha value is -1.42. The minimum absolute atomic E-state index is 0.242. The highest BCUT2D eigenvalue weighted by Crippen LogP contribution is 2.46. The Bertz CT molecular complexity index is 556. The minimum Gasteiger partial charge on any atom is -0.435 e. The van der Waals surface area contributed by atoms with Crippen LogP contribution in [-0.4, -0.2) is 19.3 Å². The number of halogens is 2. The second kappa shape index (κ2) is 8.79. The van der Waals surface area contributed by atoms with Crippen molar-refractivity contribution in [2.45, 2.75) is 64.1 Å². The minimum atomic E-state index is -2.76. The van der Waals surface area contributed by atoms with E-state index < -0.39 is 6.61 Å². The van der Waals surface area contributed by atoms with Crippen molar-refractivity contribution in [1.82, 2.24) is 0 Å². The van der Waals surface area contributed by atoms with Crippen molar-refractivity contribution in [1.29, 1.82) is 0 Å². The smallest absolute Gasteiger partial charge is 0.387 e. The van der Waals surface area contributed by atoms with Gasteiger partial charge in [0.1, 0.15) is 5.75 Å². The number of ether oxygens (including phenoxy) is 2. The van der Waals surface area contributed by atoms with Crippen LogP contribution in [0.5, 0.6) is 5.75 Å². The quantitative estimate of drug-likeness (QED) is 0.592. The van der Waals surface area contributed by atoms with Gasteiger partial charge >= 0.3 is 6.61 Å². The lowest BCUT2D eigenvalue weighted by Crippen LogP contribution is -2.33. The van der Waals surface area contributed by atoms with E-state index in [1.165, 1.54) is 37.7 Å². The predicted molar refractivity (Wildman–Crippen MR) is 95.1 cm³/mol. The Kier molecular flexibility index (Phi) is 6.46. The number of benzene rings is 1. The monoisotopic (exact) mass is 350 g/mol. The van der Waals surface area contributed by atoms with E-state index in [0.717, 1.165) is 24.9 Å². The molecule has 1 aromatic rings. The molecule has 2 aliphatic rings. The van der Waals surface area contributed by atoms with Gasteiger partial charge in [-0.15, -0.1) is 0 Å². The van der Waals surface area contributed by atoms with Gasteiger partial charge in [0.25, 0.3) is 0 Å². The van der Waals surface area contributed by atoms with Crippen LogP contribution in [0.1, 0.15) is 56.9 Å². The van der Waals surface area contributed by atoms with Crippen molar-refractivity contribution < 1.29 is 18.3 Å². The summed E-state index contributed by atoms with van der Waals surface area (Å²) in [5.74, 6) is 2.34. The first-order valence-corrected chi connectivity index (χ1v) is 9.43. The van der Waals surface area contributed by atoms with Crippen molar-refractivity contribution in [3.05, 3.63) is 42.0 Å². The number of fused-ring (bicyclic) bond motifs is 1. The molecular formula is C21H28F2O2. The van der Waals surface area contributed by atoms with Crippen molar-refractivity contribution >= 4 is 0 Å². The molecule has 138 valence electrons. The maximum absolute atomic E-state index is 12.3. The molecule has 0 amide bonds. The molecule has 0 radical (unpaired) electrons. The van der Waals surface area contributed by atoms with Crippen molar-refractivity contribution in [2.75, 3.05) is 6.61 Å². The summed E-state index contributed by atoms with van der Waals surface area (Å²) in [6.45, 7) is -0.00596. The molecule has 2 fully saturated rings. The second-order valence-corrected chi connectivity index (χ2v) is 7.32. The fourth-order valence-corrected chi connectivity index (χ4v) is 4.51. The third-order valence-corrected chi connectivity index (χ3v) is 5.81. The first-order chi connectivity index (χ1) is 12.2. The molecule has 1 aromatic carbocycles.